The first-order valence-corrected chi connectivity index (χ1v) is 5.72. The summed E-state index contributed by atoms with van der Waals surface area (Å²) in [5.74, 6) is 0.101. The molecule has 1 rings (SSSR count). The Morgan fingerprint density at radius 1 is 1.47 bits per heavy atom. The summed E-state index contributed by atoms with van der Waals surface area (Å²) >= 11 is 5.95. The van der Waals surface area contributed by atoms with E-state index in [1.807, 2.05) is 0 Å². The minimum Gasteiger partial charge on any atom is -0.482 e. The maximum absolute atomic E-state index is 11.3. The Kier molecular flexibility index (Phi) is 5.25. The van der Waals surface area contributed by atoms with Gasteiger partial charge in [0.1, 0.15) is 5.75 Å². The van der Waals surface area contributed by atoms with Crippen LogP contribution in [0.4, 0.5) is 0 Å². The third-order valence-corrected chi connectivity index (χ3v) is 2.35. The minimum absolute atomic E-state index is 0.147. The first kappa shape index (κ1) is 13.8. The van der Waals surface area contributed by atoms with E-state index in [4.69, 9.17) is 26.8 Å². The van der Waals surface area contributed by atoms with E-state index in [2.05, 4.69) is 0 Å². The van der Waals surface area contributed by atoms with Gasteiger partial charge in [-0.25, -0.2) is 4.79 Å². The van der Waals surface area contributed by atoms with Gasteiger partial charge in [0.25, 0.3) is 0 Å². The van der Waals surface area contributed by atoms with E-state index >= 15 is 0 Å². The zero-order chi connectivity index (χ0) is 12.8. The van der Waals surface area contributed by atoms with Gasteiger partial charge in [0.05, 0.1) is 6.10 Å². The molecule has 0 atom stereocenters. The Labute approximate surface area is 106 Å². The number of hydrogen-bond acceptors (Lipinski definition) is 4. The summed E-state index contributed by atoms with van der Waals surface area (Å²) in [5.41, 5.74) is 6.24. The fraction of sp³-hybridized carbons (Fsp3) is 0.417. The third-order valence-electron chi connectivity index (χ3n) is 1.99. The second-order valence-corrected chi connectivity index (χ2v) is 4.16. The van der Waals surface area contributed by atoms with Crippen LogP contribution in [0.25, 0.3) is 0 Å². The summed E-state index contributed by atoms with van der Waals surface area (Å²) in [6.07, 6.45) is -0.153. The summed E-state index contributed by atoms with van der Waals surface area (Å²) in [5, 5.41) is 0.530. The molecule has 17 heavy (non-hydrogen) atoms. The molecule has 1 aromatic carbocycles. The van der Waals surface area contributed by atoms with E-state index in [0.29, 0.717) is 16.3 Å². The zero-order valence-corrected chi connectivity index (χ0v) is 10.7. The normalized spacial score (nSPS) is 10.4. The molecule has 0 aromatic heterocycles. The third kappa shape index (κ3) is 4.24. The maximum Gasteiger partial charge on any atom is 0.344 e. The Morgan fingerprint density at radius 2 is 2.18 bits per heavy atom. The van der Waals surface area contributed by atoms with Crippen LogP contribution >= 0.6 is 11.6 Å². The van der Waals surface area contributed by atoms with Crippen molar-refractivity contribution >= 4 is 17.6 Å². The molecule has 1 aromatic rings. The summed E-state index contributed by atoms with van der Waals surface area (Å²) < 4.78 is 10.3. The van der Waals surface area contributed by atoms with Crippen molar-refractivity contribution in [3.05, 3.63) is 28.8 Å². The summed E-state index contributed by atoms with van der Waals surface area (Å²) in [4.78, 5) is 11.3. The summed E-state index contributed by atoms with van der Waals surface area (Å²) in [7, 11) is 0. The first-order chi connectivity index (χ1) is 8.04. The van der Waals surface area contributed by atoms with Gasteiger partial charge in [-0.05, 0) is 26.0 Å². The molecule has 0 unspecified atom stereocenters. The number of rotatable bonds is 5. The summed E-state index contributed by atoms with van der Waals surface area (Å²) in [6.45, 7) is 3.67. The molecule has 5 heteroatoms. The van der Waals surface area contributed by atoms with Crippen molar-refractivity contribution in [3.8, 4) is 5.75 Å². The first-order valence-electron chi connectivity index (χ1n) is 5.34. The number of benzene rings is 1. The predicted molar refractivity (Wildman–Crippen MR) is 66.1 cm³/mol. The van der Waals surface area contributed by atoms with Crippen molar-refractivity contribution in [2.24, 2.45) is 5.73 Å². The second kappa shape index (κ2) is 6.47. The van der Waals surface area contributed by atoms with Crippen LogP contribution in [-0.4, -0.2) is 18.7 Å². The molecular weight excluding hydrogens is 242 g/mol. The number of ether oxygens (including phenoxy) is 2. The zero-order valence-electron chi connectivity index (χ0n) is 9.90. The molecule has 0 saturated heterocycles. The molecule has 0 amide bonds. The van der Waals surface area contributed by atoms with Gasteiger partial charge in [-0.1, -0.05) is 17.7 Å². The van der Waals surface area contributed by atoms with E-state index in [0.717, 1.165) is 0 Å². The fourth-order valence-electron chi connectivity index (χ4n) is 1.31. The SMILES string of the molecule is CC(C)OC(=O)COc1cccc(Cl)c1CN. The average Bonchev–Trinajstić information content (AvgIpc) is 2.25. The molecule has 0 heterocycles. The minimum atomic E-state index is -0.414. The van der Waals surface area contributed by atoms with Crippen molar-refractivity contribution < 1.29 is 14.3 Å². The van der Waals surface area contributed by atoms with Crippen LogP contribution in [0.3, 0.4) is 0 Å². The quantitative estimate of drug-likeness (QED) is 0.821. The van der Waals surface area contributed by atoms with Crippen molar-refractivity contribution in [2.75, 3.05) is 6.61 Å². The van der Waals surface area contributed by atoms with Gasteiger partial charge in [0, 0.05) is 17.1 Å². The van der Waals surface area contributed by atoms with Crippen molar-refractivity contribution in [2.45, 2.75) is 26.5 Å². The molecule has 4 nitrogen and oxygen atoms in total. The van der Waals surface area contributed by atoms with E-state index in [-0.39, 0.29) is 19.3 Å². The van der Waals surface area contributed by atoms with Crippen LogP contribution in [0.5, 0.6) is 5.75 Å². The molecule has 0 fully saturated rings. The van der Waals surface area contributed by atoms with Crippen LogP contribution in [0.1, 0.15) is 19.4 Å². The van der Waals surface area contributed by atoms with Crippen molar-refractivity contribution in [1.29, 1.82) is 0 Å². The predicted octanol–water partition coefficient (Wildman–Crippen LogP) is 2.13. The fourth-order valence-corrected chi connectivity index (χ4v) is 1.55. The van der Waals surface area contributed by atoms with E-state index in [1.54, 1.807) is 32.0 Å². The maximum atomic E-state index is 11.3. The second-order valence-electron chi connectivity index (χ2n) is 3.75. The van der Waals surface area contributed by atoms with Crippen molar-refractivity contribution in [1.82, 2.24) is 0 Å². The molecule has 0 aliphatic heterocycles. The highest BCUT2D eigenvalue weighted by Crippen LogP contribution is 2.25. The van der Waals surface area contributed by atoms with Crippen LogP contribution in [-0.2, 0) is 16.1 Å². The van der Waals surface area contributed by atoms with Crippen LogP contribution in [0, 0.1) is 0 Å². The van der Waals surface area contributed by atoms with Gasteiger partial charge in [-0.15, -0.1) is 0 Å². The Bertz CT molecular complexity index is 393. The molecule has 0 aliphatic carbocycles. The standard InChI is InChI=1S/C12H16ClNO3/c1-8(2)17-12(15)7-16-11-5-3-4-10(13)9(11)6-14/h3-5,8H,6-7,14H2,1-2H3. The van der Waals surface area contributed by atoms with E-state index < -0.39 is 5.97 Å². The lowest BCUT2D eigenvalue weighted by molar-refractivity contribution is -0.149. The average molecular weight is 258 g/mol. The largest absolute Gasteiger partial charge is 0.482 e. The van der Waals surface area contributed by atoms with Gasteiger partial charge < -0.3 is 15.2 Å². The number of halogens is 1. The number of carbonyl (C=O) groups excluding carboxylic acids is 1. The smallest absolute Gasteiger partial charge is 0.344 e. The van der Waals surface area contributed by atoms with Gasteiger partial charge >= 0.3 is 5.97 Å². The van der Waals surface area contributed by atoms with Crippen LogP contribution in [0.15, 0.2) is 18.2 Å². The molecule has 0 spiro atoms. The van der Waals surface area contributed by atoms with Crippen molar-refractivity contribution in [3.63, 3.8) is 0 Å². The highest BCUT2D eigenvalue weighted by molar-refractivity contribution is 6.31. The molecule has 0 saturated carbocycles. The topological polar surface area (TPSA) is 61.5 Å². The van der Waals surface area contributed by atoms with Gasteiger partial charge in [-0.2, -0.15) is 0 Å². The number of hydrogen-bond donors (Lipinski definition) is 1. The highest BCUT2D eigenvalue weighted by atomic mass is 35.5. The Morgan fingerprint density at radius 3 is 2.76 bits per heavy atom. The molecule has 0 bridgehead atoms. The molecular formula is C12H16ClNO3. The number of nitrogens with two attached hydrogens (primary N) is 1. The molecule has 2 N–H and O–H groups in total. The number of esters is 1. The Hall–Kier alpha value is -1.26. The Balaban J connectivity index is 2.63. The van der Waals surface area contributed by atoms with E-state index in [9.17, 15) is 4.79 Å². The lowest BCUT2D eigenvalue weighted by atomic mass is 10.2. The number of carbonyl (C=O) groups is 1. The van der Waals surface area contributed by atoms with Gasteiger partial charge in [0.2, 0.25) is 0 Å². The van der Waals surface area contributed by atoms with E-state index in [1.165, 1.54) is 0 Å². The monoisotopic (exact) mass is 257 g/mol. The van der Waals surface area contributed by atoms with Gasteiger partial charge in [-0.3, -0.25) is 0 Å². The van der Waals surface area contributed by atoms with Gasteiger partial charge in [0.15, 0.2) is 6.61 Å². The highest BCUT2D eigenvalue weighted by Gasteiger charge is 2.10. The molecule has 0 aliphatic rings. The molecule has 0 radical (unpaired) electrons. The summed E-state index contributed by atoms with van der Waals surface area (Å²) in [6, 6.07) is 5.18. The lowest BCUT2D eigenvalue weighted by Crippen LogP contribution is -2.19. The van der Waals surface area contributed by atoms with Crippen LogP contribution in [0.2, 0.25) is 5.02 Å². The van der Waals surface area contributed by atoms with Crippen LogP contribution < -0.4 is 10.5 Å². The molecule has 94 valence electrons. The lowest BCUT2D eigenvalue weighted by Gasteiger charge is -2.12.